The van der Waals surface area contributed by atoms with Gasteiger partial charge in [0, 0.05) is 27.4 Å². The monoisotopic (exact) mass is 250 g/mol. The number of hydrogen-bond acceptors (Lipinski definition) is 3. The molecule has 0 saturated heterocycles. The molecule has 0 spiro atoms. The molecule has 0 amide bonds. The zero-order valence-electron chi connectivity index (χ0n) is 8.17. The summed E-state index contributed by atoms with van der Waals surface area (Å²) in [4.78, 5) is 7.74. The second kappa shape index (κ2) is 4.99. The fraction of sp³-hybridized carbons (Fsp3) is 0.100. The maximum atomic E-state index is 8.26. The molecular weight excluding hydrogens is 244 g/mol. The average molecular weight is 251 g/mol. The van der Waals surface area contributed by atoms with Crippen molar-refractivity contribution in [2.45, 2.75) is 6.42 Å². The SMILES string of the molecule is [N-]=[N+]=Nc1ncc(Cc2ccc(Cl)cc2)s1. The van der Waals surface area contributed by atoms with Gasteiger partial charge in [0.1, 0.15) is 0 Å². The van der Waals surface area contributed by atoms with E-state index in [1.807, 2.05) is 24.3 Å². The number of nitrogens with zero attached hydrogens (tertiary/aromatic N) is 4. The van der Waals surface area contributed by atoms with E-state index in [-0.39, 0.29) is 0 Å². The van der Waals surface area contributed by atoms with Crippen molar-refractivity contribution in [1.29, 1.82) is 0 Å². The molecule has 0 bridgehead atoms. The Kier molecular flexibility index (Phi) is 3.41. The van der Waals surface area contributed by atoms with Crippen molar-refractivity contribution in [2.75, 3.05) is 0 Å². The van der Waals surface area contributed by atoms with Crippen LogP contribution in [0.3, 0.4) is 0 Å². The van der Waals surface area contributed by atoms with Gasteiger partial charge >= 0.3 is 0 Å². The van der Waals surface area contributed by atoms with Gasteiger partial charge in [-0.3, -0.25) is 0 Å². The van der Waals surface area contributed by atoms with Crippen molar-refractivity contribution in [3.8, 4) is 0 Å². The highest BCUT2D eigenvalue weighted by Gasteiger charge is 2.01. The smallest absolute Gasteiger partial charge is 0.180 e. The van der Waals surface area contributed by atoms with Gasteiger partial charge < -0.3 is 0 Å². The summed E-state index contributed by atoms with van der Waals surface area (Å²) in [6, 6.07) is 7.64. The number of rotatable bonds is 3. The third-order valence-electron chi connectivity index (χ3n) is 1.96. The molecule has 0 aliphatic rings. The average Bonchev–Trinajstić information content (AvgIpc) is 2.70. The summed E-state index contributed by atoms with van der Waals surface area (Å²) in [5.74, 6) is 0. The second-order valence-electron chi connectivity index (χ2n) is 3.10. The number of thiazole rings is 1. The Bertz CT molecular complexity index is 528. The highest BCUT2D eigenvalue weighted by molar-refractivity contribution is 7.15. The van der Waals surface area contributed by atoms with Gasteiger partial charge in [0.25, 0.3) is 0 Å². The maximum absolute atomic E-state index is 8.26. The molecule has 0 N–H and O–H groups in total. The first kappa shape index (κ1) is 11.0. The predicted molar refractivity (Wildman–Crippen MR) is 65.2 cm³/mol. The fourth-order valence-corrected chi connectivity index (χ4v) is 2.15. The first-order chi connectivity index (χ1) is 7.78. The summed E-state index contributed by atoms with van der Waals surface area (Å²) >= 11 is 7.19. The second-order valence-corrected chi connectivity index (χ2v) is 4.63. The molecule has 0 saturated carbocycles. The lowest BCUT2D eigenvalue weighted by atomic mass is 10.1. The van der Waals surface area contributed by atoms with Crippen molar-refractivity contribution in [2.24, 2.45) is 5.11 Å². The van der Waals surface area contributed by atoms with Gasteiger partial charge in [-0.1, -0.05) is 23.7 Å². The van der Waals surface area contributed by atoms with E-state index in [0.29, 0.717) is 5.13 Å². The molecule has 2 aromatic rings. The number of hydrogen-bond donors (Lipinski definition) is 0. The van der Waals surface area contributed by atoms with Gasteiger partial charge in [-0.15, -0.1) is 11.3 Å². The van der Waals surface area contributed by atoms with E-state index in [2.05, 4.69) is 15.0 Å². The van der Waals surface area contributed by atoms with Crippen LogP contribution >= 0.6 is 22.9 Å². The molecule has 16 heavy (non-hydrogen) atoms. The Labute approximate surface area is 101 Å². The molecule has 1 aromatic heterocycles. The highest BCUT2D eigenvalue weighted by Crippen LogP contribution is 2.23. The largest absolute Gasteiger partial charge is 0.243 e. The number of azide groups is 1. The molecule has 6 heteroatoms. The van der Waals surface area contributed by atoms with Crippen LogP contribution in [0.25, 0.3) is 10.4 Å². The molecule has 0 fully saturated rings. The Morgan fingerprint density at radius 1 is 1.38 bits per heavy atom. The molecule has 4 nitrogen and oxygen atoms in total. The summed E-state index contributed by atoms with van der Waals surface area (Å²) < 4.78 is 0. The Morgan fingerprint density at radius 3 is 2.81 bits per heavy atom. The van der Waals surface area contributed by atoms with Gasteiger partial charge in [0.05, 0.1) is 0 Å². The van der Waals surface area contributed by atoms with Crippen molar-refractivity contribution in [1.82, 2.24) is 4.98 Å². The third-order valence-corrected chi connectivity index (χ3v) is 3.10. The molecule has 1 aromatic carbocycles. The van der Waals surface area contributed by atoms with E-state index >= 15 is 0 Å². The van der Waals surface area contributed by atoms with Crippen LogP contribution in [0.5, 0.6) is 0 Å². The van der Waals surface area contributed by atoms with Crippen LogP contribution in [0.15, 0.2) is 35.6 Å². The van der Waals surface area contributed by atoms with Crippen LogP contribution in [0.2, 0.25) is 5.02 Å². The molecule has 0 unspecified atom stereocenters. The minimum Gasteiger partial charge on any atom is -0.243 e. The molecule has 0 radical (unpaired) electrons. The van der Waals surface area contributed by atoms with E-state index in [4.69, 9.17) is 17.1 Å². The standard InChI is InChI=1S/C10H7ClN4S/c11-8-3-1-7(2-4-8)5-9-6-13-10(16-9)14-15-12/h1-4,6H,5H2. The van der Waals surface area contributed by atoms with Crippen molar-refractivity contribution >= 4 is 28.1 Å². The van der Waals surface area contributed by atoms with Crippen LogP contribution in [-0.2, 0) is 6.42 Å². The van der Waals surface area contributed by atoms with Gasteiger partial charge in [-0.05, 0) is 28.3 Å². The predicted octanol–water partition coefficient (Wildman–Crippen LogP) is 4.33. The van der Waals surface area contributed by atoms with Gasteiger partial charge in [0.2, 0.25) is 0 Å². The van der Waals surface area contributed by atoms with E-state index < -0.39 is 0 Å². The van der Waals surface area contributed by atoms with Crippen molar-refractivity contribution < 1.29 is 0 Å². The van der Waals surface area contributed by atoms with E-state index in [1.165, 1.54) is 11.3 Å². The molecule has 2 rings (SSSR count). The lowest BCUT2D eigenvalue weighted by molar-refractivity contribution is 1.21. The van der Waals surface area contributed by atoms with Gasteiger partial charge in [-0.2, -0.15) is 0 Å². The van der Waals surface area contributed by atoms with Crippen LogP contribution in [0.4, 0.5) is 5.13 Å². The molecule has 1 heterocycles. The van der Waals surface area contributed by atoms with E-state index in [1.54, 1.807) is 6.20 Å². The summed E-state index contributed by atoms with van der Waals surface area (Å²) in [6.07, 6.45) is 2.50. The molecule has 0 atom stereocenters. The minimum absolute atomic E-state index is 0.450. The zero-order chi connectivity index (χ0) is 11.4. The van der Waals surface area contributed by atoms with Crippen molar-refractivity contribution in [3.05, 3.63) is 56.4 Å². The molecular formula is C10H7ClN4S. The summed E-state index contributed by atoms with van der Waals surface area (Å²) in [6.45, 7) is 0. The first-order valence-corrected chi connectivity index (χ1v) is 5.71. The van der Waals surface area contributed by atoms with Crippen LogP contribution in [0.1, 0.15) is 10.4 Å². The number of aromatic nitrogens is 1. The minimum atomic E-state index is 0.450. The lowest BCUT2D eigenvalue weighted by Gasteiger charge is -1.97. The van der Waals surface area contributed by atoms with Crippen LogP contribution in [0, 0.1) is 0 Å². The summed E-state index contributed by atoms with van der Waals surface area (Å²) in [7, 11) is 0. The highest BCUT2D eigenvalue weighted by atomic mass is 35.5. The molecule has 0 aliphatic heterocycles. The fourth-order valence-electron chi connectivity index (χ4n) is 1.27. The van der Waals surface area contributed by atoms with E-state index in [9.17, 15) is 0 Å². The molecule has 80 valence electrons. The lowest BCUT2D eigenvalue weighted by Crippen LogP contribution is -1.82. The number of halogens is 1. The zero-order valence-corrected chi connectivity index (χ0v) is 9.74. The molecule has 0 aliphatic carbocycles. The first-order valence-electron chi connectivity index (χ1n) is 4.52. The number of benzene rings is 1. The Morgan fingerprint density at radius 2 is 2.12 bits per heavy atom. The summed E-state index contributed by atoms with van der Waals surface area (Å²) in [5.41, 5.74) is 9.41. The van der Waals surface area contributed by atoms with Crippen LogP contribution < -0.4 is 0 Å². The normalized spacial score (nSPS) is 9.81. The summed E-state index contributed by atoms with van der Waals surface area (Å²) in [5, 5.41) is 4.63. The topological polar surface area (TPSA) is 61.7 Å². The van der Waals surface area contributed by atoms with Gasteiger partial charge in [0.15, 0.2) is 5.13 Å². The third kappa shape index (κ3) is 2.73. The Balaban J connectivity index is 2.14. The van der Waals surface area contributed by atoms with E-state index in [0.717, 1.165) is 21.9 Å². The quantitative estimate of drug-likeness (QED) is 0.454. The van der Waals surface area contributed by atoms with Crippen molar-refractivity contribution in [3.63, 3.8) is 0 Å². The van der Waals surface area contributed by atoms with Gasteiger partial charge in [-0.25, -0.2) is 4.98 Å². The maximum Gasteiger partial charge on any atom is 0.180 e. The Hall–Kier alpha value is -1.55. The van der Waals surface area contributed by atoms with Crippen LogP contribution in [-0.4, -0.2) is 4.98 Å².